The number of benzene rings is 1. The second-order valence-electron chi connectivity index (χ2n) is 5.46. The fourth-order valence-electron chi connectivity index (χ4n) is 2.16. The number of amides is 1. The van der Waals surface area contributed by atoms with Crippen LogP contribution in [-0.2, 0) is 11.3 Å². The monoisotopic (exact) mass is 318 g/mol. The molecule has 0 saturated heterocycles. The largest absolute Gasteiger partial charge is 0.484 e. The highest BCUT2D eigenvalue weighted by Gasteiger charge is 2.29. The van der Waals surface area contributed by atoms with Gasteiger partial charge >= 0.3 is 6.18 Å². The molecule has 0 bridgehead atoms. The highest BCUT2D eigenvalue weighted by molar-refractivity contribution is 5.79. The van der Waals surface area contributed by atoms with Crippen LogP contribution in [0.1, 0.15) is 23.6 Å². The van der Waals surface area contributed by atoms with Crippen molar-refractivity contribution in [2.24, 2.45) is 5.73 Å². The second-order valence-corrected chi connectivity index (χ2v) is 5.46. The van der Waals surface area contributed by atoms with Crippen LogP contribution in [0.15, 0.2) is 12.1 Å². The third kappa shape index (κ3) is 5.22. The van der Waals surface area contributed by atoms with Crippen molar-refractivity contribution in [1.82, 2.24) is 4.90 Å². The molecule has 1 amide bonds. The Bertz CT molecular complexity index is 521. The van der Waals surface area contributed by atoms with Gasteiger partial charge in [0, 0.05) is 6.54 Å². The van der Waals surface area contributed by atoms with Crippen LogP contribution < -0.4 is 10.5 Å². The van der Waals surface area contributed by atoms with Crippen LogP contribution >= 0.6 is 0 Å². The van der Waals surface area contributed by atoms with E-state index in [1.165, 1.54) is 0 Å². The number of hydrogen-bond donors (Lipinski definition) is 1. The van der Waals surface area contributed by atoms with Crippen LogP contribution in [0.3, 0.4) is 0 Å². The lowest BCUT2D eigenvalue weighted by atomic mass is 10.0. The third-order valence-electron chi connectivity index (χ3n) is 3.41. The standard InChI is InChI=1S/C15H21F3N2O2/c1-9-5-12(7-20(4)11(3)14(19)21)6-10(2)13(9)22-8-15(16,17)18/h5-6,11H,7-8H2,1-4H3,(H2,19,21)/t11-/m0/s1. The molecule has 0 aliphatic rings. The molecule has 1 atom stereocenters. The topological polar surface area (TPSA) is 55.6 Å². The number of likely N-dealkylation sites (N-methyl/N-ethyl adjacent to an activating group) is 1. The summed E-state index contributed by atoms with van der Waals surface area (Å²) in [5.41, 5.74) is 7.38. The first-order valence-corrected chi connectivity index (χ1v) is 6.80. The first kappa shape index (κ1) is 18.3. The number of ether oxygens (including phenoxy) is 1. The van der Waals surface area contributed by atoms with Crippen LogP contribution in [0, 0.1) is 13.8 Å². The SMILES string of the molecule is Cc1cc(CN(C)[C@@H](C)C(N)=O)cc(C)c1OCC(F)(F)F. The highest BCUT2D eigenvalue weighted by Crippen LogP contribution is 2.27. The van der Waals surface area contributed by atoms with Gasteiger partial charge in [0.25, 0.3) is 0 Å². The van der Waals surface area contributed by atoms with Crippen molar-refractivity contribution in [3.8, 4) is 5.75 Å². The van der Waals surface area contributed by atoms with Crippen molar-refractivity contribution < 1.29 is 22.7 Å². The molecule has 0 fully saturated rings. The van der Waals surface area contributed by atoms with E-state index in [4.69, 9.17) is 10.5 Å². The number of rotatable bonds is 6. The van der Waals surface area contributed by atoms with Crippen molar-refractivity contribution in [2.75, 3.05) is 13.7 Å². The molecule has 0 radical (unpaired) electrons. The number of halogens is 3. The summed E-state index contributed by atoms with van der Waals surface area (Å²) < 4.78 is 41.6. The predicted octanol–water partition coefficient (Wildman–Crippen LogP) is 2.55. The fraction of sp³-hybridized carbons (Fsp3) is 0.533. The molecule has 0 aliphatic heterocycles. The Balaban J connectivity index is 2.87. The van der Waals surface area contributed by atoms with E-state index in [9.17, 15) is 18.0 Å². The van der Waals surface area contributed by atoms with Gasteiger partial charge in [-0.15, -0.1) is 0 Å². The van der Waals surface area contributed by atoms with Crippen LogP contribution in [-0.4, -0.2) is 36.7 Å². The van der Waals surface area contributed by atoms with Gasteiger partial charge in [-0.05, 0) is 44.5 Å². The van der Waals surface area contributed by atoms with Gasteiger partial charge in [0.2, 0.25) is 5.91 Å². The lowest BCUT2D eigenvalue weighted by Gasteiger charge is -2.23. The number of hydrogen-bond acceptors (Lipinski definition) is 3. The summed E-state index contributed by atoms with van der Waals surface area (Å²) in [4.78, 5) is 12.9. The lowest BCUT2D eigenvalue weighted by Crippen LogP contribution is -2.39. The van der Waals surface area contributed by atoms with Gasteiger partial charge in [0.05, 0.1) is 6.04 Å². The zero-order valence-electron chi connectivity index (χ0n) is 13.1. The van der Waals surface area contributed by atoms with Gasteiger partial charge in [0.1, 0.15) is 5.75 Å². The molecule has 0 aliphatic carbocycles. The Kier molecular flexibility index (Phi) is 5.82. The van der Waals surface area contributed by atoms with Crippen LogP contribution in [0.5, 0.6) is 5.75 Å². The van der Waals surface area contributed by atoms with Crippen molar-refractivity contribution in [3.05, 3.63) is 28.8 Å². The number of nitrogens with two attached hydrogens (primary N) is 1. The summed E-state index contributed by atoms with van der Waals surface area (Å²) in [6.07, 6.45) is -4.37. The molecule has 0 spiro atoms. The lowest BCUT2D eigenvalue weighted by molar-refractivity contribution is -0.153. The Morgan fingerprint density at radius 2 is 1.82 bits per heavy atom. The average molecular weight is 318 g/mol. The molecule has 7 heteroatoms. The van der Waals surface area contributed by atoms with E-state index in [1.54, 1.807) is 44.9 Å². The first-order valence-electron chi connectivity index (χ1n) is 6.80. The van der Waals surface area contributed by atoms with Gasteiger partial charge in [-0.2, -0.15) is 13.2 Å². The predicted molar refractivity (Wildman–Crippen MR) is 77.6 cm³/mol. The third-order valence-corrected chi connectivity index (χ3v) is 3.41. The molecule has 4 nitrogen and oxygen atoms in total. The van der Waals surface area contributed by atoms with E-state index < -0.39 is 24.7 Å². The molecule has 0 saturated carbocycles. The molecule has 2 N–H and O–H groups in total. The Morgan fingerprint density at radius 3 is 2.23 bits per heavy atom. The smallest absolute Gasteiger partial charge is 0.422 e. The normalized spacial score (nSPS) is 13.3. The van der Waals surface area contributed by atoms with Gasteiger partial charge in [-0.25, -0.2) is 0 Å². The number of nitrogens with zero attached hydrogens (tertiary/aromatic N) is 1. The maximum Gasteiger partial charge on any atom is 0.422 e. The second kappa shape index (κ2) is 7.00. The summed E-state index contributed by atoms with van der Waals surface area (Å²) >= 11 is 0. The highest BCUT2D eigenvalue weighted by atomic mass is 19.4. The number of carbonyl (C=O) groups excluding carboxylic acids is 1. The number of alkyl halides is 3. The van der Waals surface area contributed by atoms with E-state index in [-0.39, 0.29) is 5.75 Å². The molecular weight excluding hydrogens is 297 g/mol. The molecule has 1 rings (SSSR count). The number of aryl methyl sites for hydroxylation is 2. The Hall–Kier alpha value is -1.76. The van der Waals surface area contributed by atoms with Crippen molar-refractivity contribution in [3.63, 3.8) is 0 Å². The van der Waals surface area contributed by atoms with Crippen LogP contribution in [0.4, 0.5) is 13.2 Å². The van der Waals surface area contributed by atoms with Gasteiger partial charge in [-0.1, -0.05) is 12.1 Å². The van der Waals surface area contributed by atoms with Crippen molar-refractivity contribution in [1.29, 1.82) is 0 Å². The maximum atomic E-state index is 12.2. The minimum atomic E-state index is -4.37. The van der Waals surface area contributed by atoms with E-state index in [0.717, 1.165) is 5.56 Å². The molecule has 1 aromatic carbocycles. The van der Waals surface area contributed by atoms with Crippen LogP contribution in [0.25, 0.3) is 0 Å². The summed E-state index contributed by atoms with van der Waals surface area (Å²) in [5, 5.41) is 0. The van der Waals surface area contributed by atoms with Gasteiger partial charge in [-0.3, -0.25) is 9.69 Å². The van der Waals surface area contributed by atoms with E-state index in [2.05, 4.69) is 0 Å². The zero-order chi connectivity index (χ0) is 17.1. The summed E-state index contributed by atoms with van der Waals surface area (Å²) in [5.74, 6) is -0.187. The summed E-state index contributed by atoms with van der Waals surface area (Å²) in [6.45, 7) is 4.24. The van der Waals surface area contributed by atoms with Crippen LogP contribution in [0.2, 0.25) is 0 Å². The van der Waals surface area contributed by atoms with Gasteiger partial charge in [0.15, 0.2) is 6.61 Å². The summed E-state index contributed by atoms with van der Waals surface area (Å²) in [6, 6.07) is 3.08. The molecule has 124 valence electrons. The zero-order valence-corrected chi connectivity index (χ0v) is 13.1. The Labute approximate surface area is 128 Å². The molecule has 22 heavy (non-hydrogen) atoms. The number of carbonyl (C=O) groups is 1. The molecular formula is C15H21F3N2O2. The molecule has 1 aromatic rings. The average Bonchev–Trinajstić information content (AvgIpc) is 2.35. The van der Waals surface area contributed by atoms with Gasteiger partial charge < -0.3 is 10.5 Å². The maximum absolute atomic E-state index is 12.2. The fourth-order valence-corrected chi connectivity index (χ4v) is 2.16. The van der Waals surface area contributed by atoms with E-state index >= 15 is 0 Å². The molecule has 0 unspecified atom stereocenters. The first-order chi connectivity index (χ1) is 10.0. The minimum Gasteiger partial charge on any atom is -0.484 e. The molecule has 0 heterocycles. The van der Waals surface area contributed by atoms with E-state index in [1.807, 2.05) is 0 Å². The minimum absolute atomic E-state index is 0.242. The van der Waals surface area contributed by atoms with Crippen molar-refractivity contribution in [2.45, 2.75) is 39.5 Å². The van der Waals surface area contributed by atoms with Crippen molar-refractivity contribution >= 4 is 5.91 Å². The van der Waals surface area contributed by atoms with E-state index in [0.29, 0.717) is 17.7 Å². The summed E-state index contributed by atoms with van der Waals surface area (Å²) in [7, 11) is 1.76. The quantitative estimate of drug-likeness (QED) is 0.877. The Morgan fingerprint density at radius 1 is 1.32 bits per heavy atom. The molecule has 0 aromatic heterocycles. The number of primary amides is 1.